The van der Waals surface area contributed by atoms with E-state index in [9.17, 15) is 5.11 Å². The summed E-state index contributed by atoms with van der Waals surface area (Å²) >= 11 is 0. The maximum Gasteiger partial charge on any atom is 0.158 e. The Labute approximate surface area is 112 Å². The first-order valence-corrected chi connectivity index (χ1v) is 6.55. The van der Waals surface area contributed by atoms with Crippen LogP contribution in [0.5, 0.6) is 0 Å². The zero-order chi connectivity index (χ0) is 13.7. The third-order valence-corrected chi connectivity index (χ3v) is 3.14. The van der Waals surface area contributed by atoms with Crippen molar-refractivity contribution < 1.29 is 9.84 Å². The molecule has 0 aliphatic heterocycles. The van der Waals surface area contributed by atoms with Gasteiger partial charge in [0.2, 0.25) is 0 Å². The average molecular weight is 267 g/mol. The van der Waals surface area contributed by atoms with Crippen LogP contribution in [-0.4, -0.2) is 34.3 Å². The SMILES string of the molecule is CCOCc1nc(NN)cc(NCC2CC(O)C2)n1. The van der Waals surface area contributed by atoms with Crippen LogP contribution in [0.3, 0.4) is 0 Å². The summed E-state index contributed by atoms with van der Waals surface area (Å²) in [5.74, 6) is 7.76. The van der Waals surface area contributed by atoms with Crippen LogP contribution in [0, 0.1) is 5.92 Å². The molecule has 0 radical (unpaired) electrons. The lowest BCUT2D eigenvalue weighted by atomic mass is 9.82. The average Bonchev–Trinajstić information content (AvgIpc) is 2.39. The van der Waals surface area contributed by atoms with Crippen molar-refractivity contribution in [3.05, 3.63) is 11.9 Å². The number of nitrogens with zero attached hydrogens (tertiary/aromatic N) is 2. The molecule has 0 bridgehead atoms. The summed E-state index contributed by atoms with van der Waals surface area (Å²) in [5, 5.41) is 12.5. The summed E-state index contributed by atoms with van der Waals surface area (Å²) in [6.45, 7) is 3.70. The Balaban J connectivity index is 1.93. The van der Waals surface area contributed by atoms with E-state index in [1.165, 1.54) is 0 Å². The zero-order valence-electron chi connectivity index (χ0n) is 11.1. The van der Waals surface area contributed by atoms with Crippen LogP contribution in [0.25, 0.3) is 0 Å². The fourth-order valence-electron chi connectivity index (χ4n) is 2.04. The summed E-state index contributed by atoms with van der Waals surface area (Å²) in [7, 11) is 0. The molecular formula is C12H21N5O2. The molecule has 1 aromatic rings. The largest absolute Gasteiger partial charge is 0.393 e. The van der Waals surface area contributed by atoms with Crippen LogP contribution in [-0.2, 0) is 11.3 Å². The number of rotatable bonds is 7. The number of ether oxygens (including phenoxy) is 1. The molecule has 0 amide bonds. The van der Waals surface area contributed by atoms with Crippen molar-refractivity contribution in [1.29, 1.82) is 0 Å². The first kappa shape index (κ1) is 14.0. The van der Waals surface area contributed by atoms with Crippen molar-refractivity contribution >= 4 is 11.6 Å². The first-order valence-electron chi connectivity index (χ1n) is 6.55. The molecule has 7 heteroatoms. The van der Waals surface area contributed by atoms with Crippen LogP contribution in [0.2, 0.25) is 0 Å². The lowest BCUT2D eigenvalue weighted by molar-refractivity contribution is 0.0486. The number of nitrogen functional groups attached to an aromatic ring is 1. The smallest absolute Gasteiger partial charge is 0.158 e. The Kier molecular flexibility index (Phi) is 4.89. The number of hydrogen-bond donors (Lipinski definition) is 4. The maximum atomic E-state index is 9.24. The summed E-state index contributed by atoms with van der Waals surface area (Å²) in [4.78, 5) is 8.57. The number of aromatic nitrogens is 2. The van der Waals surface area contributed by atoms with Gasteiger partial charge in [-0.05, 0) is 25.7 Å². The fraction of sp³-hybridized carbons (Fsp3) is 0.667. The highest BCUT2D eigenvalue weighted by Gasteiger charge is 2.26. The van der Waals surface area contributed by atoms with E-state index in [2.05, 4.69) is 20.7 Å². The number of hydrogen-bond acceptors (Lipinski definition) is 7. The number of anilines is 2. The Bertz CT molecular complexity index is 409. The lowest BCUT2D eigenvalue weighted by Crippen LogP contribution is -2.33. The van der Waals surface area contributed by atoms with E-state index in [1.54, 1.807) is 6.07 Å². The number of nitrogens with one attached hydrogen (secondary N) is 2. The van der Waals surface area contributed by atoms with Gasteiger partial charge in [0.05, 0.1) is 6.10 Å². The van der Waals surface area contributed by atoms with Gasteiger partial charge in [-0.25, -0.2) is 15.8 Å². The van der Waals surface area contributed by atoms with Crippen LogP contribution in [0.15, 0.2) is 6.07 Å². The molecule has 0 atom stereocenters. The van der Waals surface area contributed by atoms with E-state index < -0.39 is 0 Å². The van der Waals surface area contributed by atoms with Gasteiger partial charge in [-0.1, -0.05) is 0 Å². The molecule has 19 heavy (non-hydrogen) atoms. The summed E-state index contributed by atoms with van der Waals surface area (Å²) in [5.41, 5.74) is 2.52. The molecule has 1 aliphatic carbocycles. The van der Waals surface area contributed by atoms with Crippen molar-refractivity contribution in [1.82, 2.24) is 9.97 Å². The molecular weight excluding hydrogens is 246 g/mol. The molecule has 0 saturated heterocycles. The summed E-state index contributed by atoms with van der Waals surface area (Å²) in [6, 6.07) is 1.75. The monoisotopic (exact) mass is 267 g/mol. The van der Waals surface area contributed by atoms with E-state index in [4.69, 9.17) is 10.6 Å². The van der Waals surface area contributed by atoms with Gasteiger partial charge < -0.3 is 20.6 Å². The molecule has 7 nitrogen and oxygen atoms in total. The quantitative estimate of drug-likeness (QED) is 0.420. The first-order chi connectivity index (χ1) is 9.21. The Morgan fingerprint density at radius 3 is 2.79 bits per heavy atom. The Morgan fingerprint density at radius 2 is 2.16 bits per heavy atom. The fourth-order valence-corrected chi connectivity index (χ4v) is 2.04. The maximum absolute atomic E-state index is 9.24. The van der Waals surface area contributed by atoms with E-state index in [0.717, 1.165) is 25.2 Å². The van der Waals surface area contributed by atoms with Crippen LogP contribution in [0.1, 0.15) is 25.6 Å². The van der Waals surface area contributed by atoms with Gasteiger partial charge in [0, 0.05) is 19.2 Å². The van der Waals surface area contributed by atoms with Crippen molar-refractivity contribution in [3.63, 3.8) is 0 Å². The van der Waals surface area contributed by atoms with Gasteiger partial charge in [-0.2, -0.15) is 0 Å². The zero-order valence-corrected chi connectivity index (χ0v) is 11.1. The third kappa shape index (κ3) is 4.02. The van der Waals surface area contributed by atoms with E-state index in [-0.39, 0.29) is 6.10 Å². The molecule has 1 heterocycles. The highest BCUT2D eigenvalue weighted by molar-refractivity contribution is 5.46. The summed E-state index contributed by atoms with van der Waals surface area (Å²) < 4.78 is 5.29. The van der Waals surface area contributed by atoms with Gasteiger partial charge >= 0.3 is 0 Å². The number of aliphatic hydroxyl groups excluding tert-OH is 1. The normalized spacial score (nSPS) is 21.8. The second kappa shape index (κ2) is 6.65. The number of hydrazine groups is 1. The number of nitrogens with two attached hydrogens (primary N) is 1. The minimum atomic E-state index is -0.132. The molecule has 1 fully saturated rings. The second-order valence-electron chi connectivity index (χ2n) is 4.71. The predicted molar refractivity (Wildman–Crippen MR) is 72.4 cm³/mol. The third-order valence-electron chi connectivity index (χ3n) is 3.14. The topological polar surface area (TPSA) is 105 Å². The second-order valence-corrected chi connectivity index (χ2v) is 4.71. The summed E-state index contributed by atoms with van der Waals surface area (Å²) in [6.07, 6.45) is 1.57. The molecule has 1 aromatic heterocycles. The van der Waals surface area contributed by atoms with E-state index in [0.29, 0.717) is 30.8 Å². The van der Waals surface area contributed by atoms with Crippen LogP contribution < -0.4 is 16.6 Å². The predicted octanol–water partition coefficient (Wildman–Crippen LogP) is 0.481. The van der Waals surface area contributed by atoms with Crippen LogP contribution >= 0.6 is 0 Å². The minimum absolute atomic E-state index is 0.132. The molecule has 1 saturated carbocycles. The Morgan fingerprint density at radius 1 is 1.42 bits per heavy atom. The highest BCUT2D eigenvalue weighted by atomic mass is 16.5. The van der Waals surface area contributed by atoms with Gasteiger partial charge in [0.15, 0.2) is 5.82 Å². The molecule has 0 spiro atoms. The van der Waals surface area contributed by atoms with Crippen molar-refractivity contribution in [3.8, 4) is 0 Å². The minimum Gasteiger partial charge on any atom is -0.393 e. The van der Waals surface area contributed by atoms with Gasteiger partial charge in [0.25, 0.3) is 0 Å². The Hall–Kier alpha value is -1.44. The molecule has 1 aliphatic rings. The van der Waals surface area contributed by atoms with Crippen molar-refractivity contribution in [2.24, 2.45) is 11.8 Å². The molecule has 106 valence electrons. The van der Waals surface area contributed by atoms with E-state index in [1.807, 2.05) is 6.92 Å². The standard InChI is InChI=1S/C12H21N5O2/c1-2-19-7-12-15-10(5-11(16-12)17-13)14-6-8-3-9(18)4-8/h5,8-9,18H,2-4,6-7,13H2,1H3,(H2,14,15,16,17). The molecule has 2 rings (SSSR count). The highest BCUT2D eigenvalue weighted by Crippen LogP contribution is 2.27. The lowest BCUT2D eigenvalue weighted by Gasteiger charge is -2.31. The van der Waals surface area contributed by atoms with Crippen molar-refractivity contribution in [2.75, 3.05) is 23.9 Å². The molecule has 0 aromatic carbocycles. The molecule has 5 N–H and O–H groups in total. The molecule has 0 unspecified atom stereocenters. The van der Waals surface area contributed by atoms with Crippen LogP contribution in [0.4, 0.5) is 11.6 Å². The van der Waals surface area contributed by atoms with Crippen molar-refractivity contribution in [2.45, 2.75) is 32.5 Å². The van der Waals surface area contributed by atoms with E-state index >= 15 is 0 Å². The van der Waals surface area contributed by atoms with Gasteiger partial charge in [-0.3, -0.25) is 0 Å². The van der Waals surface area contributed by atoms with Gasteiger partial charge in [-0.15, -0.1) is 0 Å². The van der Waals surface area contributed by atoms with Gasteiger partial charge in [0.1, 0.15) is 18.2 Å². The number of aliphatic hydroxyl groups is 1.